The van der Waals surface area contributed by atoms with E-state index < -0.39 is 42.1 Å². The molecule has 1 aliphatic heterocycles. The normalized spacial score (nSPS) is 20.3. The van der Waals surface area contributed by atoms with Crippen LogP contribution in [0.3, 0.4) is 0 Å². The lowest BCUT2D eigenvalue weighted by atomic mass is 9.84. The van der Waals surface area contributed by atoms with Crippen LogP contribution in [0.5, 0.6) is 0 Å². The maximum Gasteiger partial charge on any atom is 0.252 e. The number of nitrogens with one attached hydrogen (secondary N) is 1. The SMILES string of the molecule is N#Cc1ccnc(N2CCCC2=O)n1.O=CN(c1cccc(F)c1)C1(C(=O)NC2CC(F)(F)C2)CCc2cccc(Cl)c21. The van der Waals surface area contributed by atoms with Crippen molar-refractivity contribution in [3.63, 3.8) is 0 Å². The number of carbonyl (C=O) groups excluding carboxylic acids is 3. The van der Waals surface area contributed by atoms with Gasteiger partial charge >= 0.3 is 0 Å². The topological polar surface area (TPSA) is 119 Å². The molecular formula is C30H26ClF3N6O3. The van der Waals surface area contributed by atoms with E-state index in [1.807, 2.05) is 12.1 Å². The number of hydrogen-bond acceptors (Lipinski definition) is 6. The number of aryl methyl sites for hydroxylation is 1. The van der Waals surface area contributed by atoms with Crippen molar-refractivity contribution in [3.8, 4) is 6.07 Å². The number of amides is 3. The van der Waals surface area contributed by atoms with Crippen molar-refractivity contribution >= 4 is 41.5 Å². The number of halogens is 4. The number of aromatic nitrogens is 2. The standard InChI is InChI=1S/C21H18ClF3N2O2.C9H8N4O/c22-17-6-1-3-13-7-8-21(18(13)17,19(29)26-15-10-20(24,25)11-15)27(12-28)16-5-2-4-14(23)9-16;10-6-7-3-4-11-9(12-7)13-5-1-2-8(13)14/h1-6,9,12,15H,7-8,10-11H2,(H,26,29);3-4H,1-2,5H2. The van der Waals surface area contributed by atoms with Gasteiger partial charge in [-0.05, 0) is 55.2 Å². The van der Waals surface area contributed by atoms with Gasteiger partial charge in [-0.3, -0.25) is 24.2 Å². The van der Waals surface area contributed by atoms with E-state index in [1.165, 1.54) is 35.4 Å². The fraction of sp³-hybridized carbons (Fsp3) is 0.333. The number of hydrogen-bond donors (Lipinski definition) is 1. The molecule has 3 amide bonds. The Kier molecular flexibility index (Phi) is 8.37. The van der Waals surface area contributed by atoms with Crippen molar-refractivity contribution < 1.29 is 27.6 Å². The van der Waals surface area contributed by atoms with Gasteiger partial charge in [-0.25, -0.2) is 23.1 Å². The molecule has 1 atom stereocenters. The molecule has 1 unspecified atom stereocenters. The summed E-state index contributed by atoms with van der Waals surface area (Å²) in [5.74, 6) is -3.60. The maximum absolute atomic E-state index is 13.9. The fourth-order valence-corrected chi connectivity index (χ4v) is 6.07. The molecular weight excluding hydrogens is 585 g/mol. The third-order valence-corrected chi connectivity index (χ3v) is 8.06. The highest BCUT2D eigenvalue weighted by molar-refractivity contribution is 6.32. The molecule has 2 fully saturated rings. The second-order valence-corrected chi connectivity index (χ2v) is 10.9. The van der Waals surface area contributed by atoms with Crippen LogP contribution in [0.25, 0.3) is 0 Å². The average Bonchev–Trinajstić information content (AvgIpc) is 3.58. The molecule has 0 spiro atoms. The molecule has 1 saturated carbocycles. The summed E-state index contributed by atoms with van der Waals surface area (Å²) in [7, 11) is 0. The van der Waals surface area contributed by atoms with Crippen molar-refractivity contribution in [1.29, 1.82) is 5.26 Å². The zero-order valence-electron chi connectivity index (χ0n) is 22.8. The molecule has 1 aromatic heterocycles. The van der Waals surface area contributed by atoms with E-state index in [9.17, 15) is 27.6 Å². The molecule has 1 saturated heterocycles. The highest BCUT2D eigenvalue weighted by Gasteiger charge is 2.54. The zero-order valence-corrected chi connectivity index (χ0v) is 23.5. The number of nitriles is 1. The fourth-order valence-electron chi connectivity index (χ4n) is 5.72. The Labute approximate surface area is 250 Å². The van der Waals surface area contributed by atoms with E-state index >= 15 is 0 Å². The minimum Gasteiger partial charge on any atom is -0.351 e. The van der Waals surface area contributed by atoms with Crippen LogP contribution in [0.4, 0.5) is 24.8 Å². The number of alkyl halides is 2. The highest BCUT2D eigenvalue weighted by atomic mass is 35.5. The predicted molar refractivity (Wildman–Crippen MR) is 151 cm³/mol. The first-order chi connectivity index (χ1) is 20.6. The third-order valence-electron chi connectivity index (χ3n) is 7.75. The van der Waals surface area contributed by atoms with E-state index in [2.05, 4.69) is 15.3 Å². The quantitative estimate of drug-likeness (QED) is 0.405. The lowest BCUT2D eigenvalue weighted by Gasteiger charge is -2.42. The van der Waals surface area contributed by atoms with E-state index in [0.29, 0.717) is 37.3 Å². The third kappa shape index (κ3) is 5.90. The molecule has 1 N–H and O–H groups in total. The molecule has 43 heavy (non-hydrogen) atoms. The number of benzene rings is 2. The first-order valence-corrected chi connectivity index (χ1v) is 14.0. The number of fused-ring (bicyclic) bond motifs is 1. The molecule has 0 bridgehead atoms. The Bertz CT molecular complexity index is 1610. The minimum atomic E-state index is -2.80. The van der Waals surface area contributed by atoms with Crippen LogP contribution in [-0.2, 0) is 26.3 Å². The van der Waals surface area contributed by atoms with Crippen LogP contribution in [0.2, 0.25) is 5.02 Å². The van der Waals surface area contributed by atoms with Crippen LogP contribution in [0, 0.1) is 17.1 Å². The van der Waals surface area contributed by atoms with Gasteiger partial charge in [0.1, 0.15) is 17.6 Å². The van der Waals surface area contributed by atoms with Crippen LogP contribution in [0.1, 0.15) is 48.9 Å². The summed E-state index contributed by atoms with van der Waals surface area (Å²) in [6.45, 7) is 0.647. The summed E-state index contributed by atoms with van der Waals surface area (Å²) in [5.41, 5.74) is 0.154. The summed E-state index contributed by atoms with van der Waals surface area (Å²) in [5, 5.41) is 11.6. The van der Waals surface area contributed by atoms with E-state index in [-0.39, 0.29) is 28.7 Å². The van der Waals surface area contributed by atoms with Gasteiger partial charge in [0.05, 0.1) is 0 Å². The molecule has 222 valence electrons. The molecule has 2 aliphatic carbocycles. The summed E-state index contributed by atoms with van der Waals surface area (Å²) in [4.78, 5) is 47.5. The van der Waals surface area contributed by atoms with Gasteiger partial charge in [0.2, 0.25) is 18.3 Å². The Hall–Kier alpha value is -4.50. The van der Waals surface area contributed by atoms with Gasteiger partial charge in [-0.1, -0.05) is 29.8 Å². The smallest absolute Gasteiger partial charge is 0.252 e. The van der Waals surface area contributed by atoms with Crippen molar-refractivity contribution in [2.75, 3.05) is 16.3 Å². The second kappa shape index (κ2) is 12.0. The number of anilines is 2. The zero-order chi connectivity index (χ0) is 30.8. The van der Waals surface area contributed by atoms with Crippen LogP contribution >= 0.6 is 11.6 Å². The van der Waals surface area contributed by atoms with Crippen LogP contribution in [-0.4, -0.2) is 46.7 Å². The highest BCUT2D eigenvalue weighted by Crippen LogP contribution is 2.47. The van der Waals surface area contributed by atoms with Crippen LogP contribution in [0.15, 0.2) is 54.7 Å². The molecule has 2 aromatic carbocycles. The number of nitrogens with zero attached hydrogens (tertiary/aromatic N) is 5. The minimum absolute atomic E-state index is 0.0279. The molecule has 3 aliphatic rings. The largest absolute Gasteiger partial charge is 0.351 e. The Morgan fingerprint density at radius 3 is 2.60 bits per heavy atom. The Morgan fingerprint density at radius 1 is 1.19 bits per heavy atom. The van der Waals surface area contributed by atoms with Gasteiger partial charge < -0.3 is 5.32 Å². The molecule has 3 aromatic rings. The van der Waals surface area contributed by atoms with E-state index in [4.69, 9.17) is 16.9 Å². The lowest BCUT2D eigenvalue weighted by Crippen LogP contribution is -2.60. The second-order valence-electron chi connectivity index (χ2n) is 10.5. The van der Waals surface area contributed by atoms with Gasteiger partial charge in [0.15, 0.2) is 5.54 Å². The summed E-state index contributed by atoms with van der Waals surface area (Å²) >= 11 is 6.43. The van der Waals surface area contributed by atoms with Crippen molar-refractivity contribution in [1.82, 2.24) is 15.3 Å². The average molecular weight is 611 g/mol. The lowest BCUT2D eigenvalue weighted by molar-refractivity contribution is -0.135. The van der Waals surface area contributed by atoms with Crippen molar-refractivity contribution in [3.05, 3.63) is 82.4 Å². The summed E-state index contributed by atoms with van der Waals surface area (Å²) in [6.07, 6.45) is 3.09. The molecule has 13 heteroatoms. The number of rotatable bonds is 6. The Balaban J connectivity index is 0.000000220. The summed E-state index contributed by atoms with van der Waals surface area (Å²) < 4.78 is 40.4. The predicted octanol–water partition coefficient (Wildman–Crippen LogP) is 4.67. The molecule has 9 nitrogen and oxygen atoms in total. The van der Waals surface area contributed by atoms with E-state index in [0.717, 1.165) is 23.0 Å². The molecule has 6 rings (SSSR count). The van der Waals surface area contributed by atoms with Gasteiger partial charge in [-0.2, -0.15) is 5.26 Å². The Morgan fingerprint density at radius 2 is 1.95 bits per heavy atom. The first kappa shape index (κ1) is 30.0. The van der Waals surface area contributed by atoms with Crippen molar-refractivity contribution in [2.24, 2.45) is 0 Å². The summed E-state index contributed by atoms with van der Waals surface area (Å²) in [6, 6.07) is 13.2. The number of carbonyl (C=O) groups is 3. The van der Waals surface area contributed by atoms with Crippen molar-refractivity contribution in [2.45, 2.75) is 56.0 Å². The van der Waals surface area contributed by atoms with Gasteiger partial charge in [0.25, 0.3) is 11.8 Å². The van der Waals surface area contributed by atoms with Crippen LogP contribution < -0.4 is 15.1 Å². The van der Waals surface area contributed by atoms with Gasteiger partial charge in [0, 0.05) is 54.3 Å². The molecule has 2 heterocycles. The van der Waals surface area contributed by atoms with E-state index in [1.54, 1.807) is 12.1 Å². The molecule has 0 radical (unpaired) electrons. The first-order valence-electron chi connectivity index (χ1n) is 13.6. The monoisotopic (exact) mass is 610 g/mol. The van der Waals surface area contributed by atoms with Gasteiger partial charge in [-0.15, -0.1) is 0 Å². The maximum atomic E-state index is 13.9.